The van der Waals surface area contributed by atoms with Gasteiger partial charge in [-0.25, -0.2) is 0 Å². The van der Waals surface area contributed by atoms with Gasteiger partial charge < -0.3 is 0 Å². The molecule has 1 heterocycles. The third-order valence-corrected chi connectivity index (χ3v) is 2.38. The molecule has 0 fully saturated rings. The summed E-state index contributed by atoms with van der Waals surface area (Å²) in [6.07, 6.45) is 2.76. The van der Waals surface area contributed by atoms with Crippen molar-refractivity contribution in [3.63, 3.8) is 0 Å². The normalized spacial score (nSPS) is 10.3. The molecule has 0 N–H and O–H groups in total. The van der Waals surface area contributed by atoms with Crippen molar-refractivity contribution in [3.8, 4) is 11.3 Å². The van der Waals surface area contributed by atoms with Crippen LogP contribution in [0.1, 0.15) is 15.9 Å². The minimum absolute atomic E-state index is 0.701. The van der Waals surface area contributed by atoms with E-state index in [1.165, 1.54) is 0 Å². The summed E-state index contributed by atoms with van der Waals surface area (Å²) < 4.78 is 1.77. The molecule has 0 bridgehead atoms. The van der Waals surface area contributed by atoms with Gasteiger partial charge in [0.25, 0.3) is 0 Å². The number of carbonyl (C=O) groups is 1. The van der Waals surface area contributed by atoms with Crippen molar-refractivity contribution in [2.45, 2.75) is 6.92 Å². The third-order valence-electron chi connectivity index (χ3n) is 2.38. The van der Waals surface area contributed by atoms with E-state index in [1.54, 1.807) is 4.68 Å². The molecule has 1 aromatic heterocycles. The maximum Gasteiger partial charge on any atom is 0.150 e. The molecule has 0 aliphatic heterocycles. The Labute approximate surface area is 88.4 Å². The van der Waals surface area contributed by atoms with E-state index >= 15 is 0 Å². The fourth-order valence-corrected chi connectivity index (χ4v) is 1.61. The quantitative estimate of drug-likeness (QED) is 0.696. The lowest BCUT2D eigenvalue weighted by Gasteiger charge is -2.02. The second kappa shape index (κ2) is 3.69. The number of hydrogen-bond acceptors (Lipinski definition) is 2. The standard InChI is InChI=1S/C12H12N2O/c1-9-7-10(8-15)3-4-11(9)12-5-6-14(2)13-12/h3-8H,1-2H3. The molecule has 0 aliphatic carbocycles. The van der Waals surface area contributed by atoms with Gasteiger partial charge in [-0.05, 0) is 24.6 Å². The molecule has 0 spiro atoms. The molecule has 2 aromatic rings. The molecule has 3 heteroatoms. The van der Waals surface area contributed by atoms with Crippen molar-refractivity contribution in [1.82, 2.24) is 9.78 Å². The molecule has 0 amide bonds. The summed E-state index contributed by atoms with van der Waals surface area (Å²) in [5.41, 5.74) is 3.78. The van der Waals surface area contributed by atoms with Crippen LogP contribution in [0.15, 0.2) is 30.5 Å². The number of aryl methyl sites for hydroxylation is 2. The van der Waals surface area contributed by atoms with Crippen LogP contribution in [0, 0.1) is 6.92 Å². The van der Waals surface area contributed by atoms with Crippen LogP contribution in [0.3, 0.4) is 0 Å². The molecular weight excluding hydrogens is 188 g/mol. The van der Waals surface area contributed by atoms with Crippen LogP contribution >= 0.6 is 0 Å². The molecule has 15 heavy (non-hydrogen) atoms. The molecule has 76 valence electrons. The molecule has 0 saturated carbocycles. The lowest BCUT2D eigenvalue weighted by Crippen LogP contribution is -1.90. The van der Waals surface area contributed by atoms with Crippen LogP contribution in [0.4, 0.5) is 0 Å². The number of hydrogen-bond donors (Lipinski definition) is 0. The Hall–Kier alpha value is -1.90. The summed E-state index contributed by atoms with van der Waals surface area (Å²) in [5, 5.41) is 4.33. The lowest BCUT2D eigenvalue weighted by atomic mass is 10.0. The zero-order valence-electron chi connectivity index (χ0n) is 8.77. The highest BCUT2D eigenvalue weighted by atomic mass is 16.1. The summed E-state index contributed by atoms with van der Waals surface area (Å²) in [7, 11) is 1.89. The Balaban J connectivity index is 2.49. The molecule has 1 aromatic carbocycles. The summed E-state index contributed by atoms with van der Waals surface area (Å²) >= 11 is 0. The highest BCUT2D eigenvalue weighted by Gasteiger charge is 2.04. The number of rotatable bonds is 2. The van der Waals surface area contributed by atoms with Gasteiger partial charge in [-0.3, -0.25) is 9.48 Å². The van der Waals surface area contributed by atoms with Crippen molar-refractivity contribution in [3.05, 3.63) is 41.6 Å². The topological polar surface area (TPSA) is 34.9 Å². The van der Waals surface area contributed by atoms with Crippen molar-refractivity contribution in [2.24, 2.45) is 7.05 Å². The molecule has 0 aliphatic rings. The fraction of sp³-hybridized carbons (Fsp3) is 0.167. The summed E-state index contributed by atoms with van der Waals surface area (Å²) in [4.78, 5) is 10.6. The predicted molar refractivity (Wildman–Crippen MR) is 58.8 cm³/mol. The van der Waals surface area contributed by atoms with E-state index < -0.39 is 0 Å². The predicted octanol–water partition coefficient (Wildman–Crippen LogP) is 2.21. The van der Waals surface area contributed by atoms with Gasteiger partial charge in [0.05, 0.1) is 5.69 Å². The summed E-state index contributed by atoms with van der Waals surface area (Å²) in [5.74, 6) is 0. The first kappa shape index (κ1) is 9.65. The van der Waals surface area contributed by atoms with Gasteiger partial charge in [0.1, 0.15) is 6.29 Å². The van der Waals surface area contributed by atoms with Gasteiger partial charge >= 0.3 is 0 Å². The Morgan fingerprint density at radius 3 is 2.67 bits per heavy atom. The van der Waals surface area contributed by atoms with Gasteiger partial charge in [-0.15, -0.1) is 0 Å². The second-order valence-electron chi connectivity index (χ2n) is 3.57. The molecule has 0 atom stereocenters. The zero-order valence-corrected chi connectivity index (χ0v) is 8.77. The number of nitrogens with zero attached hydrogens (tertiary/aromatic N) is 2. The van der Waals surface area contributed by atoms with Gasteiger partial charge in [-0.1, -0.05) is 12.1 Å². The van der Waals surface area contributed by atoms with Crippen LogP contribution in [0.25, 0.3) is 11.3 Å². The van der Waals surface area contributed by atoms with E-state index in [1.807, 2.05) is 44.4 Å². The average molecular weight is 200 g/mol. The summed E-state index contributed by atoms with van der Waals surface area (Å²) in [6, 6.07) is 7.57. The first-order chi connectivity index (χ1) is 7.20. The first-order valence-electron chi connectivity index (χ1n) is 4.76. The van der Waals surface area contributed by atoms with E-state index in [2.05, 4.69) is 5.10 Å². The Bertz CT molecular complexity index is 500. The van der Waals surface area contributed by atoms with Gasteiger partial charge in [0.15, 0.2) is 0 Å². The smallest absolute Gasteiger partial charge is 0.150 e. The van der Waals surface area contributed by atoms with Crippen molar-refractivity contribution < 1.29 is 4.79 Å². The van der Waals surface area contributed by atoms with E-state index in [4.69, 9.17) is 0 Å². The lowest BCUT2D eigenvalue weighted by molar-refractivity contribution is 0.112. The molecule has 0 saturated heterocycles. The van der Waals surface area contributed by atoms with Crippen molar-refractivity contribution >= 4 is 6.29 Å². The highest BCUT2D eigenvalue weighted by molar-refractivity contribution is 5.77. The van der Waals surface area contributed by atoms with Crippen molar-refractivity contribution in [1.29, 1.82) is 0 Å². The molecule has 3 nitrogen and oxygen atoms in total. The second-order valence-corrected chi connectivity index (χ2v) is 3.57. The minimum Gasteiger partial charge on any atom is -0.298 e. The maximum atomic E-state index is 10.6. The molecule has 0 radical (unpaired) electrons. The van der Waals surface area contributed by atoms with Crippen LogP contribution in [0.5, 0.6) is 0 Å². The number of aldehydes is 1. The molecule has 0 unspecified atom stereocenters. The van der Waals surface area contributed by atoms with Crippen LogP contribution in [-0.4, -0.2) is 16.1 Å². The molecular formula is C12H12N2O. The van der Waals surface area contributed by atoms with E-state index in [0.717, 1.165) is 23.1 Å². The van der Waals surface area contributed by atoms with Crippen molar-refractivity contribution in [2.75, 3.05) is 0 Å². The zero-order chi connectivity index (χ0) is 10.8. The fourth-order valence-electron chi connectivity index (χ4n) is 1.61. The number of carbonyl (C=O) groups excluding carboxylic acids is 1. The van der Waals surface area contributed by atoms with E-state index in [-0.39, 0.29) is 0 Å². The van der Waals surface area contributed by atoms with Gasteiger partial charge in [0, 0.05) is 24.4 Å². The number of aromatic nitrogens is 2. The first-order valence-corrected chi connectivity index (χ1v) is 4.76. The van der Waals surface area contributed by atoms with Crippen LogP contribution in [0.2, 0.25) is 0 Å². The summed E-state index contributed by atoms with van der Waals surface area (Å²) in [6.45, 7) is 1.98. The largest absolute Gasteiger partial charge is 0.298 e. The maximum absolute atomic E-state index is 10.6. The minimum atomic E-state index is 0.701. The van der Waals surface area contributed by atoms with E-state index in [0.29, 0.717) is 5.56 Å². The Morgan fingerprint density at radius 2 is 2.13 bits per heavy atom. The Kier molecular flexibility index (Phi) is 2.37. The van der Waals surface area contributed by atoms with Gasteiger partial charge in [-0.2, -0.15) is 5.10 Å². The van der Waals surface area contributed by atoms with E-state index in [9.17, 15) is 4.79 Å². The molecule has 2 rings (SSSR count). The average Bonchev–Trinajstić information content (AvgIpc) is 2.64. The third kappa shape index (κ3) is 1.81. The SMILES string of the molecule is Cc1cc(C=O)ccc1-c1ccn(C)n1. The van der Waals surface area contributed by atoms with Crippen LogP contribution < -0.4 is 0 Å². The van der Waals surface area contributed by atoms with Crippen LogP contribution in [-0.2, 0) is 7.05 Å². The monoisotopic (exact) mass is 200 g/mol. The van der Waals surface area contributed by atoms with Gasteiger partial charge in [0.2, 0.25) is 0 Å². The number of benzene rings is 1. The Morgan fingerprint density at radius 1 is 1.33 bits per heavy atom. The highest BCUT2D eigenvalue weighted by Crippen LogP contribution is 2.21.